The molecule has 0 aromatic heterocycles. The van der Waals surface area contributed by atoms with Gasteiger partial charge < -0.3 is 34.4 Å². The molecular formula is C39H46ClN3O8. The number of benzene rings is 2. The quantitative estimate of drug-likeness (QED) is 0.209. The molecule has 3 amide bonds. The fraction of sp³-hybridized carbons (Fsp3) is 0.487. The second-order valence-corrected chi connectivity index (χ2v) is 14.0. The Kier molecular flexibility index (Phi) is 11.6. The highest BCUT2D eigenvalue weighted by Crippen LogP contribution is 2.56. The van der Waals surface area contributed by atoms with E-state index in [0.29, 0.717) is 35.5 Å². The number of aliphatic hydroxyl groups is 1. The second-order valence-electron chi connectivity index (χ2n) is 13.6. The van der Waals surface area contributed by atoms with Gasteiger partial charge in [-0.15, -0.1) is 0 Å². The Balaban J connectivity index is 1.44. The van der Waals surface area contributed by atoms with E-state index in [-0.39, 0.29) is 50.4 Å². The molecule has 2 fully saturated rings. The van der Waals surface area contributed by atoms with Crippen LogP contribution in [-0.4, -0.2) is 90.9 Å². The highest BCUT2D eigenvalue weighted by molar-refractivity contribution is 6.34. The number of carbonyl (C=O) groups is 4. The van der Waals surface area contributed by atoms with Crippen LogP contribution in [0.5, 0.6) is 0 Å². The number of halogens is 1. The number of para-hydroxylation sites is 1. The predicted molar refractivity (Wildman–Crippen MR) is 191 cm³/mol. The van der Waals surface area contributed by atoms with Crippen LogP contribution in [0.25, 0.3) is 0 Å². The first-order chi connectivity index (χ1) is 24.7. The maximum atomic E-state index is 15.1. The molecule has 6 rings (SSSR count). The number of aryl methyl sites for hydroxylation is 1. The topological polar surface area (TPSA) is 135 Å². The normalized spacial score (nSPS) is 30.0. The molecule has 7 atom stereocenters. The molecule has 272 valence electrons. The minimum Gasteiger partial charge on any atom is -0.455 e. The number of hydrogen-bond donors (Lipinski definition) is 2. The number of fused-ring (bicyclic) bond motifs is 2. The number of likely N-dealkylation sites (tertiary alicyclic amines) is 1. The Morgan fingerprint density at radius 3 is 2.53 bits per heavy atom. The minimum absolute atomic E-state index is 0.0675. The van der Waals surface area contributed by atoms with Crippen LogP contribution < -0.4 is 10.2 Å². The summed E-state index contributed by atoms with van der Waals surface area (Å²) in [6.07, 6.45) is 8.78. The fourth-order valence-corrected chi connectivity index (χ4v) is 8.34. The predicted octanol–water partition coefficient (Wildman–Crippen LogP) is 4.45. The van der Waals surface area contributed by atoms with Crippen LogP contribution in [0, 0.1) is 18.8 Å². The number of rotatable bonds is 10. The number of esters is 1. The average Bonchev–Trinajstić information content (AvgIpc) is 3.76. The number of carbonyl (C=O) groups excluding carboxylic acids is 4. The SMILES string of the molecule is COC[C@H]1NC(=O)CC/C=C\CN(c2c(C)cccc2Cl)C(=O)[C@@H]2N(CCCCCCO)C(=O)[C@H]3[C@H](C(=O)O[C@@H]1c1ccccc1)[C@@H]1C=C[C@]23O1. The number of ether oxygens (including phenoxy) is 3. The van der Waals surface area contributed by atoms with Gasteiger partial charge in [-0.1, -0.05) is 91.2 Å². The third kappa shape index (κ3) is 7.22. The van der Waals surface area contributed by atoms with Crippen LogP contribution in [0.3, 0.4) is 0 Å². The van der Waals surface area contributed by atoms with Crippen molar-refractivity contribution >= 4 is 41.0 Å². The van der Waals surface area contributed by atoms with Gasteiger partial charge in [0.2, 0.25) is 11.8 Å². The Labute approximate surface area is 303 Å². The van der Waals surface area contributed by atoms with Gasteiger partial charge in [0.05, 0.1) is 35.4 Å². The van der Waals surface area contributed by atoms with E-state index in [1.54, 1.807) is 28.0 Å². The van der Waals surface area contributed by atoms with Crippen LogP contribution in [0.4, 0.5) is 5.69 Å². The monoisotopic (exact) mass is 719 g/mol. The molecule has 11 nitrogen and oxygen atoms in total. The maximum absolute atomic E-state index is 15.1. The molecule has 51 heavy (non-hydrogen) atoms. The zero-order chi connectivity index (χ0) is 36.1. The van der Waals surface area contributed by atoms with E-state index in [1.165, 1.54) is 7.11 Å². The summed E-state index contributed by atoms with van der Waals surface area (Å²) in [5.41, 5.74) is 0.524. The number of aliphatic hydroxyl groups excluding tert-OH is 1. The van der Waals surface area contributed by atoms with Crippen molar-refractivity contribution < 1.29 is 38.5 Å². The number of nitrogens with zero attached hydrogens (tertiary/aromatic N) is 2. The summed E-state index contributed by atoms with van der Waals surface area (Å²) < 4.78 is 18.4. The van der Waals surface area contributed by atoms with E-state index in [9.17, 15) is 19.5 Å². The van der Waals surface area contributed by atoms with Crippen molar-refractivity contribution in [2.75, 3.05) is 38.3 Å². The number of hydrogen-bond acceptors (Lipinski definition) is 8. The number of cyclic esters (lactones) is 1. The van der Waals surface area contributed by atoms with Gasteiger partial charge in [-0.25, -0.2) is 0 Å². The first-order valence-electron chi connectivity index (χ1n) is 17.8. The van der Waals surface area contributed by atoms with Crippen LogP contribution >= 0.6 is 11.6 Å². The Morgan fingerprint density at radius 1 is 1.00 bits per heavy atom. The Bertz CT molecular complexity index is 1650. The van der Waals surface area contributed by atoms with Gasteiger partial charge >= 0.3 is 5.97 Å². The average molecular weight is 720 g/mol. The molecule has 0 aliphatic carbocycles. The molecule has 12 heteroatoms. The van der Waals surface area contributed by atoms with Gasteiger partial charge in [-0.05, 0) is 43.4 Å². The molecule has 4 heterocycles. The highest BCUT2D eigenvalue weighted by Gasteiger charge is 2.73. The molecule has 0 saturated carbocycles. The number of nitrogens with one attached hydrogen (secondary N) is 1. The third-order valence-electron chi connectivity index (χ3n) is 10.3. The van der Waals surface area contributed by atoms with Gasteiger partial charge in [0.15, 0.2) is 0 Å². The lowest BCUT2D eigenvalue weighted by Gasteiger charge is -2.36. The van der Waals surface area contributed by atoms with E-state index in [2.05, 4.69) is 5.32 Å². The van der Waals surface area contributed by atoms with Gasteiger partial charge in [0.25, 0.3) is 5.91 Å². The largest absolute Gasteiger partial charge is 0.455 e. The molecular weight excluding hydrogens is 674 g/mol. The molecule has 0 unspecified atom stereocenters. The zero-order valence-corrected chi connectivity index (χ0v) is 29.8. The Hall–Kier alpha value is -4.03. The minimum atomic E-state index is -1.42. The summed E-state index contributed by atoms with van der Waals surface area (Å²) in [6, 6.07) is 12.7. The molecule has 2 aromatic rings. The molecule has 2 aromatic carbocycles. The summed E-state index contributed by atoms with van der Waals surface area (Å²) >= 11 is 6.77. The third-order valence-corrected chi connectivity index (χ3v) is 10.6. The van der Waals surface area contributed by atoms with Crippen molar-refractivity contribution in [3.63, 3.8) is 0 Å². The van der Waals surface area contributed by atoms with Crippen LogP contribution in [-0.2, 0) is 33.4 Å². The maximum Gasteiger partial charge on any atom is 0.313 e. The van der Waals surface area contributed by atoms with Crippen molar-refractivity contribution in [2.24, 2.45) is 11.8 Å². The van der Waals surface area contributed by atoms with Gasteiger partial charge in [-0.2, -0.15) is 0 Å². The standard InChI is InChI=1S/C39H46ClN3O8/c1-25-14-13-17-27(40)33(25)42-21-11-6-9-18-30(45)41-28(24-49-2)34(26-15-7-5-8-16-26)50-38(48)31-29-19-20-39(51-29)32(31)36(46)43(35(39)37(42)47)22-10-3-4-12-23-44/h5-8,11,13-17,19-20,28-29,31-32,34-35,44H,3-4,9-10,12,18,21-24H2,1-2H3,(H,41,45)/b11-6-/t28-,29+,31-,32-,34-,35+,39-/m1/s1. The summed E-state index contributed by atoms with van der Waals surface area (Å²) in [5.74, 6) is -3.70. The van der Waals surface area contributed by atoms with E-state index in [0.717, 1.165) is 18.4 Å². The van der Waals surface area contributed by atoms with Crippen molar-refractivity contribution in [2.45, 2.75) is 75.3 Å². The lowest BCUT2D eigenvalue weighted by Crippen LogP contribution is -2.56. The molecule has 2 saturated heterocycles. The number of amides is 3. The molecule has 2 N–H and O–H groups in total. The van der Waals surface area contributed by atoms with Crippen molar-refractivity contribution in [1.82, 2.24) is 10.2 Å². The van der Waals surface area contributed by atoms with Gasteiger partial charge in [0, 0.05) is 33.2 Å². The fourth-order valence-electron chi connectivity index (χ4n) is 8.01. The Morgan fingerprint density at radius 2 is 1.78 bits per heavy atom. The molecule has 0 radical (unpaired) electrons. The molecule has 1 spiro atoms. The van der Waals surface area contributed by atoms with Crippen LogP contribution in [0.1, 0.15) is 55.8 Å². The van der Waals surface area contributed by atoms with Crippen molar-refractivity contribution in [3.8, 4) is 0 Å². The van der Waals surface area contributed by atoms with E-state index in [4.69, 9.17) is 25.8 Å². The van der Waals surface area contributed by atoms with E-state index >= 15 is 4.79 Å². The van der Waals surface area contributed by atoms with Crippen molar-refractivity contribution in [1.29, 1.82) is 0 Å². The number of anilines is 1. The van der Waals surface area contributed by atoms with Crippen LogP contribution in [0.2, 0.25) is 5.02 Å². The second kappa shape index (κ2) is 16.1. The number of allylic oxidation sites excluding steroid dienone is 1. The van der Waals surface area contributed by atoms with E-state index < -0.39 is 47.7 Å². The summed E-state index contributed by atoms with van der Waals surface area (Å²) in [6.45, 7) is 2.41. The smallest absolute Gasteiger partial charge is 0.313 e. The lowest BCUT2D eigenvalue weighted by molar-refractivity contribution is -0.162. The zero-order valence-electron chi connectivity index (χ0n) is 29.0. The van der Waals surface area contributed by atoms with Gasteiger partial charge in [0.1, 0.15) is 23.7 Å². The highest BCUT2D eigenvalue weighted by atomic mass is 35.5. The van der Waals surface area contributed by atoms with Crippen molar-refractivity contribution in [3.05, 3.63) is 89.0 Å². The lowest BCUT2D eigenvalue weighted by atomic mass is 9.74. The van der Waals surface area contributed by atoms with E-state index in [1.807, 2.05) is 61.5 Å². The first kappa shape index (κ1) is 36.8. The molecule has 5 bridgehead atoms. The molecule has 4 aliphatic heterocycles. The summed E-state index contributed by atoms with van der Waals surface area (Å²) in [7, 11) is 1.51. The van der Waals surface area contributed by atoms with Gasteiger partial charge in [-0.3, -0.25) is 19.2 Å². The van der Waals surface area contributed by atoms with Crippen LogP contribution in [0.15, 0.2) is 72.8 Å². The summed E-state index contributed by atoms with van der Waals surface area (Å²) in [4.78, 5) is 60.6. The molecule has 4 aliphatic rings. The first-order valence-corrected chi connectivity index (χ1v) is 18.1. The summed E-state index contributed by atoms with van der Waals surface area (Å²) in [5, 5.41) is 12.7. The number of methoxy groups -OCH3 is 1. The number of unbranched alkanes of at least 4 members (excludes halogenated alkanes) is 3.